The highest BCUT2D eigenvalue weighted by Crippen LogP contribution is 2.37. The van der Waals surface area contributed by atoms with Crippen LogP contribution in [0.15, 0.2) is 65.7 Å². The summed E-state index contributed by atoms with van der Waals surface area (Å²) >= 11 is 6.49. The van der Waals surface area contributed by atoms with Crippen LogP contribution < -0.4 is 25.8 Å². The molecular weight excluding hydrogens is 400 g/mol. The zero-order valence-electron chi connectivity index (χ0n) is 16.6. The molecule has 0 spiro atoms. The molecule has 3 aromatic rings. The summed E-state index contributed by atoms with van der Waals surface area (Å²) in [4.78, 5) is 6.32. The van der Waals surface area contributed by atoms with Crippen LogP contribution in [0.3, 0.4) is 0 Å². The normalized spacial score (nSPS) is 15.0. The van der Waals surface area contributed by atoms with Crippen LogP contribution in [-0.2, 0) is 6.61 Å². The highest BCUT2D eigenvalue weighted by molar-refractivity contribution is 6.32. The Labute approximate surface area is 180 Å². The van der Waals surface area contributed by atoms with Crippen molar-refractivity contribution < 1.29 is 9.47 Å². The van der Waals surface area contributed by atoms with Crippen LogP contribution in [0.25, 0.3) is 0 Å². The molecule has 1 heterocycles. The molecule has 4 rings (SSSR count). The van der Waals surface area contributed by atoms with E-state index < -0.39 is 6.17 Å². The van der Waals surface area contributed by atoms with Gasteiger partial charge in [-0.3, -0.25) is 0 Å². The monoisotopic (exact) mass is 422 g/mol. The molecule has 0 saturated carbocycles. The number of ether oxygens (including phenoxy) is 2. The first-order valence-corrected chi connectivity index (χ1v) is 10.0. The Kier molecular flexibility index (Phi) is 5.79. The van der Waals surface area contributed by atoms with Gasteiger partial charge in [0.1, 0.15) is 24.3 Å². The predicted molar refractivity (Wildman–Crippen MR) is 122 cm³/mol. The van der Waals surface area contributed by atoms with E-state index in [1.54, 1.807) is 6.34 Å². The van der Waals surface area contributed by atoms with Crippen LogP contribution in [0.1, 0.15) is 24.2 Å². The number of nitrogens with two attached hydrogens (primary N) is 2. The molecule has 0 aliphatic carbocycles. The lowest BCUT2D eigenvalue weighted by atomic mass is 10.1. The van der Waals surface area contributed by atoms with Crippen molar-refractivity contribution in [3.05, 3.63) is 76.8 Å². The summed E-state index contributed by atoms with van der Waals surface area (Å²) in [7, 11) is 0. The average molecular weight is 423 g/mol. The number of anilines is 2. The molecule has 1 aliphatic rings. The molecule has 0 saturated heterocycles. The number of hydrogen-bond donors (Lipinski definition) is 2. The van der Waals surface area contributed by atoms with Crippen LogP contribution in [-0.4, -0.2) is 12.9 Å². The van der Waals surface area contributed by atoms with Gasteiger partial charge < -0.3 is 25.8 Å². The van der Waals surface area contributed by atoms with E-state index in [-0.39, 0.29) is 0 Å². The Morgan fingerprint density at radius 2 is 1.93 bits per heavy atom. The maximum Gasteiger partial charge on any atom is 0.138 e. The zero-order valence-corrected chi connectivity index (χ0v) is 17.3. The molecule has 3 aromatic carbocycles. The molecule has 1 unspecified atom stereocenters. The Morgan fingerprint density at radius 1 is 1.07 bits per heavy atom. The Morgan fingerprint density at radius 3 is 2.73 bits per heavy atom. The third-order valence-electron chi connectivity index (χ3n) is 4.81. The van der Waals surface area contributed by atoms with Crippen molar-refractivity contribution in [1.29, 1.82) is 0 Å². The summed E-state index contributed by atoms with van der Waals surface area (Å²) in [6.07, 6.45) is 1.29. The van der Waals surface area contributed by atoms with E-state index in [9.17, 15) is 0 Å². The van der Waals surface area contributed by atoms with Gasteiger partial charge in [0, 0.05) is 16.9 Å². The zero-order chi connectivity index (χ0) is 21.1. The Balaban J connectivity index is 1.49. The number of rotatable bonds is 6. The minimum absolute atomic E-state index is 0.386. The van der Waals surface area contributed by atoms with Crippen molar-refractivity contribution in [3.63, 3.8) is 0 Å². The first-order valence-electron chi connectivity index (χ1n) is 9.67. The highest BCUT2D eigenvalue weighted by atomic mass is 35.5. The van der Waals surface area contributed by atoms with E-state index in [1.807, 2.05) is 72.5 Å². The average Bonchev–Trinajstić information content (AvgIpc) is 2.74. The summed E-state index contributed by atoms with van der Waals surface area (Å²) in [5.74, 6) is 1.41. The first-order chi connectivity index (χ1) is 14.5. The molecule has 1 atom stereocenters. The van der Waals surface area contributed by atoms with Crippen molar-refractivity contribution >= 4 is 35.0 Å². The van der Waals surface area contributed by atoms with Gasteiger partial charge in [0.2, 0.25) is 0 Å². The number of hydrogen-bond acceptors (Lipinski definition) is 6. The lowest BCUT2D eigenvalue weighted by Gasteiger charge is -2.31. The lowest BCUT2D eigenvalue weighted by Crippen LogP contribution is -2.35. The van der Waals surface area contributed by atoms with Gasteiger partial charge in [-0.1, -0.05) is 23.7 Å². The first kappa shape index (κ1) is 20.1. The Bertz CT molecular complexity index is 1090. The fourth-order valence-electron chi connectivity index (χ4n) is 3.32. The van der Waals surface area contributed by atoms with E-state index in [2.05, 4.69) is 4.99 Å². The molecule has 6 nitrogen and oxygen atoms in total. The van der Waals surface area contributed by atoms with E-state index in [0.29, 0.717) is 29.7 Å². The van der Waals surface area contributed by atoms with Gasteiger partial charge in [-0.25, -0.2) is 4.99 Å². The van der Waals surface area contributed by atoms with Crippen LogP contribution >= 0.6 is 11.6 Å². The van der Waals surface area contributed by atoms with Crippen LogP contribution in [0.2, 0.25) is 5.02 Å². The number of nitrogens with zero attached hydrogens (tertiary/aromatic N) is 2. The van der Waals surface area contributed by atoms with Crippen molar-refractivity contribution in [2.45, 2.75) is 19.7 Å². The number of nitrogen functional groups attached to an aromatic ring is 1. The molecule has 0 radical (unpaired) electrons. The smallest absolute Gasteiger partial charge is 0.138 e. The highest BCUT2D eigenvalue weighted by Gasteiger charge is 2.23. The second kappa shape index (κ2) is 8.65. The van der Waals surface area contributed by atoms with Gasteiger partial charge in [-0.15, -0.1) is 0 Å². The molecule has 0 aromatic heterocycles. The van der Waals surface area contributed by atoms with Crippen molar-refractivity contribution in [1.82, 2.24) is 0 Å². The van der Waals surface area contributed by atoms with Gasteiger partial charge in [0.25, 0.3) is 0 Å². The summed E-state index contributed by atoms with van der Waals surface area (Å²) in [6.45, 7) is 2.96. The maximum atomic E-state index is 6.49. The molecule has 7 heteroatoms. The predicted octanol–water partition coefficient (Wildman–Crippen LogP) is 5.04. The third-order valence-corrected chi connectivity index (χ3v) is 5.10. The topological polar surface area (TPSA) is 86.1 Å². The van der Waals surface area contributed by atoms with Gasteiger partial charge in [-0.2, -0.15) is 0 Å². The van der Waals surface area contributed by atoms with Crippen LogP contribution in [0, 0.1) is 0 Å². The molecule has 1 aliphatic heterocycles. The third kappa shape index (κ3) is 4.20. The minimum atomic E-state index is -0.412. The quantitative estimate of drug-likeness (QED) is 0.543. The van der Waals surface area contributed by atoms with Crippen molar-refractivity contribution in [2.24, 2.45) is 10.7 Å². The molecule has 0 amide bonds. The maximum absolute atomic E-state index is 6.49. The largest absolute Gasteiger partial charge is 0.494 e. The van der Waals surface area contributed by atoms with Gasteiger partial charge >= 0.3 is 0 Å². The van der Waals surface area contributed by atoms with E-state index in [4.69, 9.17) is 32.5 Å². The number of benzene rings is 3. The van der Waals surface area contributed by atoms with Gasteiger partial charge in [0.15, 0.2) is 0 Å². The number of aliphatic imine (C=N–C) groups is 1. The molecule has 4 N–H and O–H groups in total. The summed E-state index contributed by atoms with van der Waals surface area (Å²) in [5.41, 5.74) is 16.5. The molecule has 0 bridgehead atoms. The second-order valence-corrected chi connectivity index (χ2v) is 7.31. The second-order valence-electron chi connectivity index (χ2n) is 6.90. The molecule has 30 heavy (non-hydrogen) atoms. The standard InChI is InChI=1S/C23H23ClN4O2/c1-2-29-18-5-3-4-15(10-18)13-30-22-9-7-17(12-20(22)24)28-14-27-21-8-6-16(25)11-19(21)23(28)26/h3-12,14,23H,2,13,25-26H2,1H3. The number of halogens is 1. The van der Waals surface area contributed by atoms with Crippen LogP contribution in [0.5, 0.6) is 11.5 Å². The van der Waals surface area contributed by atoms with Crippen molar-refractivity contribution in [3.8, 4) is 11.5 Å². The van der Waals surface area contributed by atoms with Gasteiger partial charge in [-0.05, 0) is 61.0 Å². The molecular formula is C23H23ClN4O2. The van der Waals surface area contributed by atoms with Gasteiger partial charge in [0.05, 0.1) is 23.7 Å². The Hall–Kier alpha value is -3.22. The van der Waals surface area contributed by atoms with Crippen molar-refractivity contribution in [2.75, 3.05) is 17.2 Å². The number of fused-ring (bicyclic) bond motifs is 1. The van der Waals surface area contributed by atoms with E-state index in [0.717, 1.165) is 28.3 Å². The summed E-state index contributed by atoms with van der Waals surface area (Å²) in [6, 6.07) is 18.9. The summed E-state index contributed by atoms with van der Waals surface area (Å²) < 4.78 is 11.4. The van der Waals surface area contributed by atoms with E-state index in [1.165, 1.54) is 0 Å². The fraction of sp³-hybridized carbons (Fsp3) is 0.174. The van der Waals surface area contributed by atoms with Crippen LogP contribution in [0.4, 0.5) is 17.1 Å². The van der Waals surface area contributed by atoms with E-state index >= 15 is 0 Å². The minimum Gasteiger partial charge on any atom is -0.494 e. The lowest BCUT2D eigenvalue weighted by molar-refractivity contribution is 0.303. The SMILES string of the molecule is CCOc1cccc(COc2ccc(N3C=Nc4ccc(N)cc4C3N)cc2Cl)c1. The molecule has 154 valence electrons. The summed E-state index contributed by atoms with van der Waals surface area (Å²) in [5, 5.41) is 0.493. The fourth-order valence-corrected chi connectivity index (χ4v) is 3.55. The molecule has 0 fully saturated rings.